The maximum absolute atomic E-state index is 13.6. The number of rotatable bonds is 7. The van der Waals surface area contributed by atoms with Gasteiger partial charge >= 0.3 is 0 Å². The molecule has 1 aromatic heterocycles. The van der Waals surface area contributed by atoms with E-state index in [0.717, 1.165) is 18.2 Å². The van der Waals surface area contributed by atoms with Gasteiger partial charge in [0.05, 0.1) is 18.1 Å². The van der Waals surface area contributed by atoms with Gasteiger partial charge in [-0.2, -0.15) is 8.78 Å². The topological polar surface area (TPSA) is 104 Å². The summed E-state index contributed by atoms with van der Waals surface area (Å²) in [6.07, 6.45) is 0. The van der Waals surface area contributed by atoms with Crippen molar-refractivity contribution in [2.45, 2.75) is 6.61 Å². The Bertz CT molecular complexity index is 1180. The van der Waals surface area contributed by atoms with Crippen LogP contribution < -0.4 is 14.8 Å². The molecular formula is C19H11F5N2O6. The monoisotopic (exact) mass is 458 g/mol. The molecule has 0 spiro atoms. The number of halogens is 5. The number of methoxy groups -OCH3 is 1. The molecule has 3 rings (SSSR count). The number of nitro benzene ring substituents is 1. The molecule has 3 aromatic rings. The van der Waals surface area contributed by atoms with Gasteiger partial charge in [0, 0.05) is 0 Å². The van der Waals surface area contributed by atoms with E-state index in [0.29, 0.717) is 0 Å². The van der Waals surface area contributed by atoms with E-state index >= 15 is 0 Å². The highest BCUT2D eigenvalue weighted by Crippen LogP contribution is 2.31. The van der Waals surface area contributed by atoms with Crippen molar-refractivity contribution >= 4 is 17.3 Å². The van der Waals surface area contributed by atoms with Crippen molar-refractivity contribution in [3.8, 4) is 11.5 Å². The number of ether oxygens (including phenoxy) is 2. The Balaban J connectivity index is 1.75. The second-order valence-corrected chi connectivity index (χ2v) is 6.05. The molecule has 0 fully saturated rings. The van der Waals surface area contributed by atoms with Crippen LogP contribution in [-0.4, -0.2) is 17.9 Å². The quantitative estimate of drug-likeness (QED) is 0.181. The third-order valence-electron chi connectivity index (χ3n) is 4.06. The minimum Gasteiger partial charge on any atom is -0.496 e. The lowest BCUT2D eigenvalue weighted by Crippen LogP contribution is -2.12. The largest absolute Gasteiger partial charge is 0.496 e. The molecule has 168 valence electrons. The lowest BCUT2D eigenvalue weighted by molar-refractivity contribution is -0.384. The molecule has 0 saturated carbocycles. The molecule has 1 heterocycles. The summed E-state index contributed by atoms with van der Waals surface area (Å²) in [4.78, 5) is 22.7. The van der Waals surface area contributed by atoms with E-state index in [1.165, 1.54) is 19.2 Å². The number of hydrogen-bond donors (Lipinski definition) is 1. The molecule has 13 heteroatoms. The Morgan fingerprint density at radius 2 is 1.66 bits per heavy atom. The molecule has 8 nitrogen and oxygen atoms in total. The van der Waals surface area contributed by atoms with Crippen LogP contribution in [0, 0.1) is 39.2 Å². The van der Waals surface area contributed by atoms with Crippen LogP contribution in [0.2, 0.25) is 0 Å². The number of nitrogens with one attached hydrogen (secondary N) is 1. The summed E-state index contributed by atoms with van der Waals surface area (Å²) in [5.41, 5.74) is -0.629. The van der Waals surface area contributed by atoms with Crippen molar-refractivity contribution in [2.24, 2.45) is 0 Å². The predicted octanol–water partition coefficient (Wildman–Crippen LogP) is 4.72. The number of amides is 1. The van der Waals surface area contributed by atoms with Crippen LogP contribution in [0.4, 0.5) is 33.3 Å². The van der Waals surface area contributed by atoms with E-state index < -0.39 is 58.0 Å². The lowest BCUT2D eigenvalue weighted by atomic mass is 10.2. The van der Waals surface area contributed by atoms with Gasteiger partial charge in [0.25, 0.3) is 11.6 Å². The first-order valence-corrected chi connectivity index (χ1v) is 8.50. The van der Waals surface area contributed by atoms with Crippen LogP contribution in [0.25, 0.3) is 0 Å². The molecule has 0 radical (unpaired) electrons. The van der Waals surface area contributed by atoms with Crippen molar-refractivity contribution in [3.05, 3.63) is 81.1 Å². The van der Waals surface area contributed by atoms with Gasteiger partial charge in [0.15, 0.2) is 11.5 Å². The number of nitro groups is 1. The molecule has 0 unspecified atom stereocenters. The third kappa shape index (κ3) is 4.31. The van der Waals surface area contributed by atoms with E-state index in [4.69, 9.17) is 9.15 Å². The van der Waals surface area contributed by atoms with Crippen molar-refractivity contribution in [3.63, 3.8) is 0 Å². The first kappa shape index (κ1) is 22.5. The van der Waals surface area contributed by atoms with E-state index in [1.807, 2.05) is 0 Å². The van der Waals surface area contributed by atoms with E-state index in [2.05, 4.69) is 10.1 Å². The summed E-state index contributed by atoms with van der Waals surface area (Å²) in [5.74, 6) is -13.9. The van der Waals surface area contributed by atoms with Crippen molar-refractivity contribution in [2.75, 3.05) is 12.4 Å². The second-order valence-electron chi connectivity index (χ2n) is 6.05. The van der Waals surface area contributed by atoms with Gasteiger partial charge in [-0.3, -0.25) is 14.9 Å². The van der Waals surface area contributed by atoms with Gasteiger partial charge in [-0.25, -0.2) is 13.2 Å². The molecule has 1 amide bonds. The van der Waals surface area contributed by atoms with Crippen LogP contribution in [0.15, 0.2) is 34.7 Å². The van der Waals surface area contributed by atoms with E-state index in [9.17, 15) is 36.9 Å². The van der Waals surface area contributed by atoms with Crippen molar-refractivity contribution in [1.29, 1.82) is 0 Å². The molecule has 1 N–H and O–H groups in total. The van der Waals surface area contributed by atoms with E-state index in [-0.39, 0.29) is 23.0 Å². The van der Waals surface area contributed by atoms with Crippen LogP contribution in [0.1, 0.15) is 16.3 Å². The molecule has 0 bridgehead atoms. The van der Waals surface area contributed by atoms with Crippen LogP contribution >= 0.6 is 0 Å². The van der Waals surface area contributed by atoms with Gasteiger partial charge in [-0.1, -0.05) is 0 Å². The first-order valence-electron chi connectivity index (χ1n) is 8.50. The second kappa shape index (κ2) is 8.91. The molecule has 32 heavy (non-hydrogen) atoms. The van der Waals surface area contributed by atoms with Gasteiger partial charge in [-0.05, 0) is 24.3 Å². The zero-order chi connectivity index (χ0) is 23.6. The molecule has 0 aliphatic rings. The standard InChI is InChI=1S/C19H11F5N2O6/c1-30-8-2-4-10(11(6-8)26(28)29)25-19(27)12-5-3-9(32-12)7-31-18-16(23)14(21)13(20)15(22)17(18)24/h2-6H,7H2,1H3,(H,25,27). The summed E-state index contributed by atoms with van der Waals surface area (Å²) in [6, 6.07) is 5.94. The first-order chi connectivity index (χ1) is 15.1. The maximum Gasteiger partial charge on any atom is 0.296 e. The average Bonchev–Trinajstić information content (AvgIpc) is 3.25. The Hall–Kier alpha value is -4.16. The molecule has 2 aromatic carbocycles. The number of carbonyl (C=O) groups is 1. The minimum atomic E-state index is -2.34. The Labute approximate surface area is 175 Å². The number of hydrogen-bond acceptors (Lipinski definition) is 6. The van der Waals surface area contributed by atoms with E-state index in [1.54, 1.807) is 0 Å². The van der Waals surface area contributed by atoms with Crippen LogP contribution in [0.3, 0.4) is 0 Å². The zero-order valence-electron chi connectivity index (χ0n) is 15.9. The molecule has 0 aliphatic heterocycles. The highest BCUT2D eigenvalue weighted by molar-refractivity contribution is 6.03. The minimum absolute atomic E-state index is 0.170. The molecule has 0 atom stereocenters. The SMILES string of the molecule is COc1ccc(NC(=O)c2ccc(COc3c(F)c(F)c(F)c(F)c3F)o2)c([N+](=O)[O-])c1. The van der Waals surface area contributed by atoms with Crippen molar-refractivity contribution in [1.82, 2.24) is 0 Å². The zero-order valence-corrected chi connectivity index (χ0v) is 15.9. The number of carbonyl (C=O) groups excluding carboxylic acids is 1. The molecule has 0 aliphatic carbocycles. The van der Waals surface area contributed by atoms with Gasteiger partial charge < -0.3 is 19.2 Å². The Kier molecular flexibility index (Phi) is 6.27. The smallest absolute Gasteiger partial charge is 0.296 e. The molecule has 0 saturated heterocycles. The number of furan rings is 1. The Morgan fingerprint density at radius 1 is 1.03 bits per heavy atom. The summed E-state index contributed by atoms with van der Waals surface area (Å²) < 4.78 is 81.4. The molecular weight excluding hydrogens is 447 g/mol. The fourth-order valence-electron chi connectivity index (χ4n) is 2.51. The summed E-state index contributed by atoms with van der Waals surface area (Å²) in [5, 5.41) is 13.4. The number of anilines is 1. The lowest BCUT2D eigenvalue weighted by Gasteiger charge is -2.09. The average molecular weight is 458 g/mol. The summed E-state index contributed by atoms with van der Waals surface area (Å²) >= 11 is 0. The third-order valence-corrected chi connectivity index (χ3v) is 4.06. The fraction of sp³-hybridized carbons (Fsp3) is 0.105. The number of benzene rings is 2. The van der Waals surface area contributed by atoms with Crippen LogP contribution in [0.5, 0.6) is 11.5 Å². The Morgan fingerprint density at radius 3 is 2.25 bits per heavy atom. The van der Waals surface area contributed by atoms with Gasteiger partial charge in [0.2, 0.25) is 29.1 Å². The highest BCUT2D eigenvalue weighted by atomic mass is 19.2. The predicted molar refractivity (Wildman–Crippen MR) is 96.9 cm³/mol. The summed E-state index contributed by atoms with van der Waals surface area (Å²) in [6.45, 7) is -0.783. The van der Waals surface area contributed by atoms with Gasteiger partial charge in [0.1, 0.15) is 23.8 Å². The fourth-order valence-corrected chi connectivity index (χ4v) is 2.51. The summed E-state index contributed by atoms with van der Waals surface area (Å²) in [7, 11) is 1.30. The van der Waals surface area contributed by atoms with Crippen molar-refractivity contribution < 1.29 is 45.6 Å². The number of nitrogens with zero attached hydrogens (tertiary/aromatic N) is 1. The van der Waals surface area contributed by atoms with Crippen LogP contribution in [-0.2, 0) is 6.61 Å². The normalized spacial score (nSPS) is 10.7. The maximum atomic E-state index is 13.6. The van der Waals surface area contributed by atoms with Gasteiger partial charge in [-0.15, -0.1) is 0 Å². The highest BCUT2D eigenvalue weighted by Gasteiger charge is 2.27.